The molecule has 0 radical (unpaired) electrons. The van der Waals surface area contributed by atoms with Gasteiger partial charge in [0, 0.05) is 20.9 Å². The molecule has 1 heterocycles. The van der Waals surface area contributed by atoms with Crippen LogP contribution in [-0.2, 0) is 6.42 Å². The number of aryl methyl sites for hydroxylation is 1. The Balaban J connectivity index is 2.11. The molecule has 0 fully saturated rings. The summed E-state index contributed by atoms with van der Waals surface area (Å²) in [6.07, 6.45) is 0.948. The Labute approximate surface area is 135 Å². The number of halogens is 2. The molecule has 1 aliphatic rings. The molecular formula is C16H15Br2NO. The largest absolute Gasteiger partial charge is 0.493 e. The third-order valence-electron chi connectivity index (χ3n) is 3.60. The summed E-state index contributed by atoms with van der Waals surface area (Å²) in [5, 5.41) is 0. The van der Waals surface area contributed by atoms with Gasteiger partial charge in [0.15, 0.2) is 0 Å². The van der Waals surface area contributed by atoms with Gasteiger partial charge in [-0.25, -0.2) is 0 Å². The van der Waals surface area contributed by atoms with E-state index in [2.05, 4.69) is 63.0 Å². The molecule has 0 saturated heterocycles. The number of nitrogens with two attached hydrogens (primary N) is 1. The highest BCUT2D eigenvalue weighted by molar-refractivity contribution is 9.10. The van der Waals surface area contributed by atoms with Crippen LogP contribution in [0.2, 0.25) is 0 Å². The zero-order valence-corrected chi connectivity index (χ0v) is 14.3. The first-order valence-electron chi connectivity index (χ1n) is 6.53. The van der Waals surface area contributed by atoms with E-state index < -0.39 is 0 Å². The Morgan fingerprint density at radius 2 is 1.95 bits per heavy atom. The second kappa shape index (κ2) is 5.51. The fourth-order valence-electron chi connectivity index (χ4n) is 2.60. The Kier molecular flexibility index (Phi) is 3.89. The lowest BCUT2D eigenvalue weighted by atomic mass is 9.95. The highest BCUT2D eigenvalue weighted by Crippen LogP contribution is 2.39. The number of ether oxygens (including phenoxy) is 1. The van der Waals surface area contributed by atoms with Gasteiger partial charge in [-0.05, 0) is 36.2 Å². The number of rotatable bonds is 2. The van der Waals surface area contributed by atoms with E-state index in [4.69, 9.17) is 10.5 Å². The minimum Gasteiger partial charge on any atom is -0.493 e. The lowest BCUT2D eigenvalue weighted by molar-refractivity contribution is 0.352. The summed E-state index contributed by atoms with van der Waals surface area (Å²) in [7, 11) is 0. The second-order valence-corrected chi connectivity index (χ2v) is 6.85. The van der Waals surface area contributed by atoms with Gasteiger partial charge in [-0.1, -0.05) is 49.6 Å². The highest BCUT2D eigenvalue weighted by atomic mass is 79.9. The molecule has 0 bridgehead atoms. The van der Waals surface area contributed by atoms with Crippen molar-refractivity contribution in [2.75, 3.05) is 6.61 Å². The molecule has 1 atom stereocenters. The Hall–Kier alpha value is -0.840. The van der Waals surface area contributed by atoms with Crippen molar-refractivity contribution >= 4 is 31.9 Å². The smallest absolute Gasteiger partial charge is 0.127 e. The van der Waals surface area contributed by atoms with Crippen LogP contribution in [0.25, 0.3) is 0 Å². The van der Waals surface area contributed by atoms with Crippen LogP contribution in [0, 0.1) is 6.92 Å². The Morgan fingerprint density at radius 3 is 2.75 bits per heavy atom. The highest BCUT2D eigenvalue weighted by Gasteiger charge is 2.23. The molecule has 0 aliphatic carbocycles. The summed E-state index contributed by atoms with van der Waals surface area (Å²) < 4.78 is 7.86. The third kappa shape index (κ3) is 2.52. The maximum atomic E-state index is 6.50. The number of fused-ring (bicyclic) bond motifs is 1. The lowest BCUT2D eigenvalue weighted by Gasteiger charge is -2.18. The SMILES string of the molecule is Cc1ccc(Br)c(C(N)c2cc(Br)cc3c2OCC3)c1. The summed E-state index contributed by atoms with van der Waals surface area (Å²) >= 11 is 7.16. The molecular weight excluding hydrogens is 382 g/mol. The minimum absolute atomic E-state index is 0.200. The number of benzene rings is 2. The first-order valence-corrected chi connectivity index (χ1v) is 8.11. The summed E-state index contributed by atoms with van der Waals surface area (Å²) in [6.45, 7) is 2.81. The summed E-state index contributed by atoms with van der Waals surface area (Å²) in [4.78, 5) is 0. The van der Waals surface area contributed by atoms with Crippen molar-refractivity contribution in [1.82, 2.24) is 0 Å². The van der Waals surface area contributed by atoms with Crippen LogP contribution in [-0.4, -0.2) is 6.61 Å². The zero-order valence-electron chi connectivity index (χ0n) is 11.1. The van der Waals surface area contributed by atoms with E-state index in [-0.39, 0.29) is 6.04 Å². The van der Waals surface area contributed by atoms with E-state index in [1.54, 1.807) is 0 Å². The van der Waals surface area contributed by atoms with Crippen molar-refractivity contribution in [1.29, 1.82) is 0 Å². The maximum absolute atomic E-state index is 6.50. The van der Waals surface area contributed by atoms with Gasteiger partial charge in [-0.15, -0.1) is 0 Å². The summed E-state index contributed by atoms with van der Waals surface area (Å²) in [5.74, 6) is 0.953. The second-order valence-electron chi connectivity index (χ2n) is 5.08. The zero-order chi connectivity index (χ0) is 14.3. The van der Waals surface area contributed by atoms with Crippen molar-refractivity contribution in [3.05, 3.63) is 61.5 Å². The van der Waals surface area contributed by atoms with Gasteiger partial charge in [0.05, 0.1) is 12.6 Å². The predicted octanol–water partition coefficient (Wildman–Crippen LogP) is 4.50. The van der Waals surface area contributed by atoms with Crippen LogP contribution in [0.4, 0.5) is 0 Å². The number of hydrogen-bond acceptors (Lipinski definition) is 2. The molecule has 2 aromatic rings. The minimum atomic E-state index is -0.200. The van der Waals surface area contributed by atoms with Crippen LogP contribution >= 0.6 is 31.9 Å². The van der Waals surface area contributed by atoms with Gasteiger partial charge < -0.3 is 10.5 Å². The summed E-state index contributed by atoms with van der Waals surface area (Å²) in [5.41, 5.74) is 11.1. The molecule has 20 heavy (non-hydrogen) atoms. The van der Waals surface area contributed by atoms with Gasteiger partial charge in [0.1, 0.15) is 5.75 Å². The fourth-order valence-corrected chi connectivity index (χ4v) is 3.61. The van der Waals surface area contributed by atoms with Crippen LogP contribution < -0.4 is 10.5 Å². The van der Waals surface area contributed by atoms with Crippen molar-refractivity contribution in [2.24, 2.45) is 5.73 Å². The average molecular weight is 397 g/mol. The quantitative estimate of drug-likeness (QED) is 0.810. The van der Waals surface area contributed by atoms with Crippen molar-refractivity contribution in [3.63, 3.8) is 0 Å². The normalized spacial score (nSPS) is 14.8. The standard InChI is InChI=1S/C16H15Br2NO/c1-9-2-3-14(18)12(6-9)15(19)13-8-11(17)7-10-4-5-20-16(10)13/h2-3,6-8,15H,4-5,19H2,1H3. The van der Waals surface area contributed by atoms with E-state index >= 15 is 0 Å². The molecule has 104 valence electrons. The molecule has 1 aliphatic heterocycles. The van der Waals surface area contributed by atoms with Gasteiger partial charge in [0.25, 0.3) is 0 Å². The van der Waals surface area contributed by atoms with E-state index in [9.17, 15) is 0 Å². The van der Waals surface area contributed by atoms with E-state index in [1.807, 2.05) is 6.07 Å². The first kappa shape index (κ1) is 14.1. The fraction of sp³-hybridized carbons (Fsp3) is 0.250. The topological polar surface area (TPSA) is 35.2 Å². The molecule has 4 heteroatoms. The van der Waals surface area contributed by atoms with Crippen LogP contribution in [0.5, 0.6) is 5.75 Å². The Bertz CT molecular complexity index is 670. The van der Waals surface area contributed by atoms with E-state index in [0.29, 0.717) is 0 Å². The van der Waals surface area contributed by atoms with E-state index in [1.165, 1.54) is 11.1 Å². The van der Waals surface area contributed by atoms with Crippen molar-refractivity contribution < 1.29 is 4.74 Å². The first-order chi connectivity index (χ1) is 9.56. The molecule has 2 aromatic carbocycles. The molecule has 0 aromatic heterocycles. The molecule has 1 unspecified atom stereocenters. The van der Waals surface area contributed by atoms with Crippen LogP contribution in [0.3, 0.4) is 0 Å². The molecule has 0 spiro atoms. The van der Waals surface area contributed by atoms with Gasteiger partial charge in [-0.2, -0.15) is 0 Å². The van der Waals surface area contributed by atoms with Gasteiger partial charge >= 0.3 is 0 Å². The maximum Gasteiger partial charge on any atom is 0.127 e. The Morgan fingerprint density at radius 1 is 1.15 bits per heavy atom. The van der Waals surface area contributed by atoms with Crippen molar-refractivity contribution in [3.8, 4) is 5.75 Å². The summed E-state index contributed by atoms with van der Waals surface area (Å²) in [6, 6.07) is 10.2. The van der Waals surface area contributed by atoms with Gasteiger partial charge in [0.2, 0.25) is 0 Å². The molecule has 3 rings (SSSR count). The monoisotopic (exact) mass is 395 g/mol. The molecule has 2 nitrogen and oxygen atoms in total. The average Bonchev–Trinajstić information content (AvgIpc) is 2.87. The third-order valence-corrected chi connectivity index (χ3v) is 4.78. The van der Waals surface area contributed by atoms with Crippen LogP contribution in [0.1, 0.15) is 28.3 Å². The molecule has 0 amide bonds. The predicted molar refractivity (Wildman–Crippen MR) is 88.3 cm³/mol. The van der Waals surface area contributed by atoms with Crippen LogP contribution in [0.15, 0.2) is 39.3 Å². The number of hydrogen-bond donors (Lipinski definition) is 1. The van der Waals surface area contributed by atoms with Crippen molar-refractivity contribution in [2.45, 2.75) is 19.4 Å². The molecule has 2 N–H and O–H groups in total. The van der Waals surface area contributed by atoms with E-state index in [0.717, 1.165) is 38.8 Å². The lowest BCUT2D eigenvalue weighted by Crippen LogP contribution is -2.14. The van der Waals surface area contributed by atoms with Gasteiger partial charge in [-0.3, -0.25) is 0 Å². The molecule has 0 saturated carbocycles.